The molecule has 21 heavy (non-hydrogen) atoms. The third kappa shape index (κ3) is 2.22. The summed E-state index contributed by atoms with van der Waals surface area (Å²) in [7, 11) is 0. The van der Waals surface area contributed by atoms with Crippen LogP contribution >= 0.6 is 23.1 Å². The minimum absolute atomic E-state index is 0.105. The van der Waals surface area contributed by atoms with Crippen LogP contribution in [0.25, 0.3) is 4.96 Å². The van der Waals surface area contributed by atoms with Gasteiger partial charge < -0.3 is 10.0 Å². The number of amides is 1. The zero-order valence-electron chi connectivity index (χ0n) is 10.9. The fourth-order valence-corrected chi connectivity index (χ4v) is 4.09. The fourth-order valence-electron chi connectivity index (χ4n) is 2.25. The first-order valence-corrected chi connectivity index (χ1v) is 8.05. The Morgan fingerprint density at radius 1 is 1.48 bits per heavy atom. The quantitative estimate of drug-likeness (QED) is 0.876. The van der Waals surface area contributed by atoms with Gasteiger partial charge in [-0.25, -0.2) is 9.78 Å². The average Bonchev–Trinajstić information content (AvgIpc) is 3.05. The van der Waals surface area contributed by atoms with Crippen molar-refractivity contribution in [1.82, 2.24) is 14.3 Å². The van der Waals surface area contributed by atoms with Crippen LogP contribution in [0.1, 0.15) is 17.3 Å². The van der Waals surface area contributed by atoms with Crippen LogP contribution in [0.3, 0.4) is 0 Å². The van der Waals surface area contributed by atoms with Crippen molar-refractivity contribution in [3.05, 3.63) is 33.7 Å². The molecule has 3 rings (SSSR count). The summed E-state index contributed by atoms with van der Waals surface area (Å²) in [5.74, 6) is -1.33. The summed E-state index contributed by atoms with van der Waals surface area (Å²) in [6, 6.07) is -0.917. The van der Waals surface area contributed by atoms with Crippen molar-refractivity contribution < 1.29 is 14.7 Å². The van der Waals surface area contributed by atoms with Gasteiger partial charge in [0.15, 0.2) is 4.96 Å². The van der Waals surface area contributed by atoms with Crippen LogP contribution in [0, 0.1) is 0 Å². The zero-order chi connectivity index (χ0) is 15.1. The maximum atomic E-state index is 12.6. The van der Waals surface area contributed by atoms with Crippen LogP contribution < -0.4 is 5.56 Å². The number of fused-ring (bicyclic) bond motifs is 1. The molecule has 2 atom stereocenters. The number of thioether (sulfide) groups is 1. The van der Waals surface area contributed by atoms with E-state index in [2.05, 4.69) is 4.98 Å². The van der Waals surface area contributed by atoms with Crippen molar-refractivity contribution in [2.24, 2.45) is 0 Å². The van der Waals surface area contributed by atoms with Gasteiger partial charge in [-0.1, -0.05) is 0 Å². The third-order valence-corrected chi connectivity index (χ3v) is 5.30. The molecule has 1 aliphatic heterocycles. The van der Waals surface area contributed by atoms with Crippen molar-refractivity contribution in [1.29, 1.82) is 0 Å². The van der Waals surface area contributed by atoms with Gasteiger partial charge in [-0.15, -0.1) is 23.1 Å². The summed E-state index contributed by atoms with van der Waals surface area (Å²) < 4.78 is 1.29. The van der Waals surface area contributed by atoms with Crippen molar-refractivity contribution in [3.63, 3.8) is 0 Å². The molecule has 7 nitrogen and oxygen atoms in total. The van der Waals surface area contributed by atoms with Crippen LogP contribution in [0.2, 0.25) is 0 Å². The molecule has 2 aromatic heterocycles. The lowest BCUT2D eigenvalue weighted by Gasteiger charge is -2.24. The highest BCUT2D eigenvalue weighted by Crippen LogP contribution is 2.29. The Hall–Kier alpha value is -1.87. The van der Waals surface area contributed by atoms with Gasteiger partial charge in [0.05, 0.1) is 5.37 Å². The van der Waals surface area contributed by atoms with Crippen molar-refractivity contribution in [2.75, 3.05) is 5.75 Å². The largest absolute Gasteiger partial charge is 0.480 e. The van der Waals surface area contributed by atoms with Crippen molar-refractivity contribution >= 4 is 39.9 Å². The van der Waals surface area contributed by atoms with Crippen molar-refractivity contribution in [3.8, 4) is 0 Å². The molecule has 1 saturated heterocycles. The SMILES string of the molecule is CC1SCC(C(=O)O)N1C(=O)c1cnc2sccn2c1=O. The molecule has 2 unspecified atom stereocenters. The summed E-state index contributed by atoms with van der Waals surface area (Å²) in [6.45, 7) is 1.75. The summed E-state index contributed by atoms with van der Waals surface area (Å²) in [4.78, 5) is 41.9. The molecule has 0 bridgehead atoms. The van der Waals surface area contributed by atoms with E-state index in [-0.39, 0.29) is 10.9 Å². The molecular formula is C12H11N3O4S2. The van der Waals surface area contributed by atoms with E-state index in [0.717, 1.165) is 0 Å². The second-order valence-electron chi connectivity index (χ2n) is 4.53. The lowest BCUT2D eigenvalue weighted by atomic mass is 10.2. The number of carbonyl (C=O) groups excluding carboxylic acids is 1. The van der Waals surface area contributed by atoms with Crippen LogP contribution in [-0.4, -0.2) is 48.4 Å². The van der Waals surface area contributed by atoms with E-state index in [1.807, 2.05) is 0 Å². The molecule has 0 aromatic carbocycles. The third-order valence-electron chi connectivity index (χ3n) is 3.32. The first-order valence-electron chi connectivity index (χ1n) is 6.12. The summed E-state index contributed by atoms with van der Waals surface area (Å²) in [5.41, 5.74) is -0.578. The summed E-state index contributed by atoms with van der Waals surface area (Å²) >= 11 is 2.66. The number of hydrogen-bond donors (Lipinski definition) is 1. The average molecular weight is 325 g/mol. The van der Waals surface area contributed by atoms with E-state index >= 15 is 0 Å². The number of rotatable bonds is 2. The van der Waals surface area contributed by atoms with Gasteiger partial charge in [-0.3, -0.25) is 14.0 Å². The van der Waals surface area contributed by atoms with Gasteiger partial charge in [-0.05, 0) is 6.92 Å². The highest BCUT2D eigenvalue weighted by molar-refractivity contribution is 8.00. The van der Waals surface area contributed by atoms with Crippen LogP contribution in [0.5, 0.6) is 0 Å². The molecule has 0 aliphatic carbocycles. The lowest BCUT2D eigenvalue weighted by Crippen LogP contribution is -2.46. The molecule has 0 radical (unpaired) electrons. The molecule has 110 valence electrons. The normalized spacial score (nSPS) is 21.9. The maximum absolute atomic E-state index is 12.6. The molecule has 1 N–H and O–H groups in total. The topological polar surface area (TPSA) is 92.0 Å². The number of aromatic nitrogens is 2. The summed E-state index contributed by atoms with van der Waals surface area (Å²) in [5, 5.41) is 10.6. The Kier molecular flexibility index (Phi) is 3.46. The zero-order valence-corrected chi connectivity index (χ0v) is 12.6. The summed E-state index contributed by atoms with van der Waals surface area (Å²) in [6.07, 6.45) is 2.77. The predicted octanol–water partition coefficient (Wildman–Crippen LogP) is 0.744. The minimum Gasteiger partial charge on any atom is -0.480 e. The highest BCUT2D eigenvalue weighted by Gasteiger charge is 2.40. The minimum atomic E-state index is -1.06. The molecule has 2 aromatic rings. The lowest BCUT2D eigenvalue weighted by molar-refractivity contribution is -0.141. The number of carboxylic acids is 1. The second kappa shape index (κ2) is 5.15. The Balaban J connectivity index is 2.05. The first kappa shape index (κ1) is 14.1. The van der Waals surface area contributed by atoms with Gasteiger partial charge in [0.25, 0.3) is 11.5 Å². The van der Waals surface area contributed by atoms with Gasteiger partial charge in [0, 0.05) is 23.5 Å². The second-order valence-corrected chi connectivity index (χ2v) is 6.75. The Bertz CT molecular complexity index is 784. The van der Waals surface area contributed by atoms with E-state index in [9.17, 15) is 19.5 Å². The maximum Gasteiger partial charge on any atom is 0.327 e. The Morgan fingerprint density at radius 3 is 2.95 bits per heavy atom. The van der Waals surface area contributed by atoms with E-state index in [1.165, 1.54) is 38.6 Å². The number of thiazole rings is 1. The molecule has 1 amide bonds. The molecule has 0 saturated carbocycles. The highest BCUT2D eigenvalue weighted by atomic mass is 32.2. The van der Waals surface area contributed by atoms with E-state index in [1.54, 1.807) is 18.5 Å². The molecule has 0 spiro atoms. The van der Waals surface area contributed by atoms with E-state index < -0.39 is 23.5 Å². The molecule has 9 heteroatoms. The van der Waals surface area contributed by atoms with E-state index in [0.29, 0.717) is 10.7 Å². The van der Waals surface area contributed by atoms with E-state index in [4.69, 9.17) is 0 Å². The number of carboxylic acid groups (broad SMARTS) is 1. The molecular weight excluding hydrogens is 314 g/mol. The first-order chi connectivity index (χ1) is 10.0. The van der Waals surface area contributed by atoms with Crippen molar-refractivity contribution in [2.45, 2.75) is 18.3 Å². The monoisotopic (exact) mass is 325 g/mol. The number of hydrogen-bond acceptors (Lipinski definition) is 6. The van der Waals surface area contributed by atoms with Gasteiger partial charge in [0.1, 0.15) is 11.6 Å². The van der Waals surface area contributed by atoms with Gasteiger partial charge in [-0.2, -0.15) is 0 Å². The van der Waals surface area contributed by atoms with Gasteiger partial charge >= 0.3 is 5.97 Å². The fraction of sp³-hybridized carbons (Fsp3) is 0.333. The smallest absolute Gasteiger partial charge is 0.327 e. The molecule has 3 heterocycles. The molecule has 1 fully saturated rings. The number of nitrogens with zero attached hydrogens (tertiary/aromatic N) is 3. The predicted molar refractivity (Wildman–Crippen MR) is 78.9 cm³/mol. The molecule has 1 aliphatic rings. The Labute approximate surface area is 127 Å². The van der Waals surface area contributed by atoms with Crippen LogP contribution in [0.15, 0.2) is 22.6 Å². The van der Waals surface area contributed by atoms with Gasteiger partial charge in [0.2, 0.25) is 0 Å². The number of aliphatic carboxylic acids is 1. The van der Waals surface area contributed by atoms with Crippen LogP contribution in [0.4, 0.5) is 0 Å². The van der Waals surface area contributed by atoms with Crippen LogP contribution in [-0.2, 0) is 4.79 Å². The number of carbonyl (C=O) groups is 2. The standard InChI is InChI=1S/C12H11N3O4S2/c1-6-15(8(5-21-6)11(18)19)10(17)7-4-13-12-14(9(7)16)2-3-20-12/h2-4,6,8H,5H2,1H3,(H,18,19). The Morgan fingerprint density at radius 2 is 2.24 bits per heavy atom.